The smallest absolute Gasteiger partial charge is 0.303 e. The molecule has 0 saturated carbocycles. The maximum absolute atomic E-state index is 10.6. The van der Waals surface area contributed by atoms with Gasteiger partial charge >= 0.3 is 5.97 Å². The lowest BCUT2D eigenvalue weighted by Crippen LogP contribution is -2.20. The van der Waals surface area contributed by atoms with Crippen LogP contribution in [0.4, 0.5) is 5.69 Å². The number of nitrogens with zero attached hydrogens (tertiary/aromatic N) is 1. The summed E-state index contributed by atoms with van der Waals surface area (Å²) in [6.07, 6.45) is 0.828. The summed E-state index contributed by atoms with van der Waals surface area (Å²) in [5.74, 6) is -0.148. The maximum Gasteiger partial charge on any atom is 0.303 e. The molecule has 0 spiro atoms. The van der Waals surface area contributed by atoms with E-state index in [1.165, 1.54) is 11.3 Å². The van der Waals surface area contributed by atoms with Gasteiger partial charge in [0, 0.05) is 31.1 Å². The van der Waals surface area contributed by atoms with E-state index in [2.05, 4.69) is 36.9 Å². The van der Waals surface area contributed by atoms with Crippen molar-refractivity contribution < 1.29 is 9.90 Å². The number of carboxylic acids is 1. The lowest BCUT2D eigenvalue weighted by Gasteiger charge is -2.17. The van der Waals surface area contributed by atoms with E-state index in [4.69, 9.17) is 5.11 Å². The number of benzene rings is 1. The van der Waals surface area contributed by atoms with E-state index < -0.39 is 5.97 Å². The van der Waals surface area contributed by atoms with Gasteiger partial charge in [0.15, 0.2) is 0 Å². The molecule has 17 heavy (non-hydrogen) atoms. The van der Waals surface area contributed by atoms with Gasteiger partial charge in [-0.25, -0.2) is 0 Å². The van der Waals surface area contributed by atoms with Crippen molar-refractivity contribution in [2.45, 2.75) is 32.6 Å². The largest absolute Gasteiger partial charge is 0.481 e. The van der Waals surface area contributed by atoms with Crippen LogP contribution in [0, 0.1) is 0 Å². The molecule has 1 aliphatic rings. The van der Waals surface area contributed by atoms with E-state index in [9.17, 15) is 4.79 Å². The molecular weight excluding hydrogens is 214 g/mol. The molecule has 1 heterocycles. The zero-order valence-electron chi connectivity index (χ0n) is 10.4. The number of anilines is 1. The van der Waals surface area contributed by atoms with Gasteiger partial charge in [0.05, 0.1) is 0 Å². The van der Waals surface area contributed by atoms with Gasteiger partial charge in [-0.2, -0.15) is 0 Å². The number of carboxylic acid groups (broad SMARTS) is 1. The Morgan fingerprint density at radius 2 is 2.29 bits per heavy atom. The van der Waals surface area contributed by atoms with Crippen molar-refractivity contribution in [3.05, 3.63) is 29.3 Å². The standard InChI is InChI=1S/C14H19NO2/c1-3-15-9-10(2)12-6-4-11(8-13(12)15)5-7-14(16)17/h4,6,8,10H,3,5,7,9H2,1-2H3,(H,16,17). The summed E-state index contributed by atoms with van der Waals surface area (Å²) in [6.45, 7) is 6.49. The highest BCUT2D eigenvalue weighted by molar-refractivity contribution is 5.67. The first-order valence-electron chi connectivity index (χ1n) is 6.21. The zero-order chi connectivity index (χ0) is 12.4. The Morgan fingerprint density at radius 3 is 2.94 bits per heavy atom. The number of aliphatic carboxylic acids is 1. The topological polar surface area (TPSA) is 40.5 Å². The Bertz CT molecular complexity index is 428. The third kappa shape index (κ3) is 2.43. The Balaban J connectivity index is 2.21. The summed E-state index contributed by atoms with van der Waals surface area (Å²) in [5.41, 5.74) is 3.81. The van der Waals surface area contributed by atoms with Crippen LogP contribution in [0.3, 0.4) is 0 Å². The monoisotopic (exact) mass is 233 g/mol. The van der Waals surface area contributed by atoms with Crippen LogP contribution in [0.15, 0.2) is 18.2 Å². The fourth-order valence-corrected chi connectivity index (χ4v) is 2.51. The number of fused-ring (bicyclic) bond motifs is 1. The van der Waals surface area contributed by atoms with Gasteiger partial charge in [-0.05, 0) is 30.5 Å². The molecule has 2 rings (SSSR count). The highest BCUT2D eigenvalue weighted by Gasteiger charge is 2.24. The average Bonchev–Trinajstić information content (AvgIpc) is 2.63. The SMILES string of the molecule is CCN1CC(C)c2ccc(CCC(=O)O)cc21. The van der Waals surface area contributed by atoms with E-state index in [1.807, 2.05) is 0 Å². The van der Waals surface area contributed by atoms with E-state index in [1.54, 1.807) is 0 Å². The normalized spacial score (nSPS) is 18.2. The molecular formula is C14H19NO2. The highest BCUT2D eigenvalue weighted by atomic mass is 16.4. The van der Waals surface area contributed by atoms with Crippen molar-refractivity contribution in [1.82, 2.24) is 0 Å². The minimum atomic E-state index is -0.730. The van der Waals surface area contributed by atoms with Gasteiger partial charge in [0.2, 0.25) is 0 Å². The van der Waals surface area contributed by atoms with Crippen LogP contribution >= 0.6 is 0 Å². The van der Waals surface area contributed by atoms with Crippen LogP contribution in [0.25, 0.3) is 0 Å². The molecule has 1 aromatic rings. The fourth-order valence-electron chi connectivity index (χ4n) is 2.51. The summed E-state index contributed by atoms with van der Waals surface area (Å²) >= 11 is 0. The van der Waals surface area contributed by atoms with Crippen molar-refractivity contribution in [3.8, 4) is 0 Å². The minimum absolute atomic E-state index is 0.209. The second-order valence-corrected chi connectivity index (χ2v) is 4.73. The Hall–Kier alpha value is -1.51. The average molecular weight is 233 g/mol. The van der Waals surface area contributed by atoms with E-state index >= 15 is 0 Å². The molecule has 1 atom stereocenters. The van der Waals surface area contributed by atoms with Crippen molar-refractivity contribution in [2.24, 2.45) is 0 Å². The molecule has 0 saturated heterocycles. The predicted molar refractivity (Wildman–Crippen MR) is 68.7 cm³/mol. The third-order valence-corrected chi connectivity index (χ3v) is 3.47. The fraction of sp³-hybridized carbons (Fsp3) is 0.500. The summed E-state index contributed by atoms with van der Waals surface area (Å²) in [5, 5.41) is 8.70. The summed E-state index contributed by atoms with van der Waals surface area (Å²) < 4.78 is 0. The first kappa shape index (κ1) is 12.0. The molecule has 1 aliphatic heterocycles. The number of carbonyl (C=O) groups is 1. The first-order valence-corrected chi connectivity index (χ1v) is 6.21. The van der Waals surface area contributed by atoms with Gasteiger partial charge in [-0.1, -0.05) is 19.1 Å². The van der Waals surface area contributed by atoms with Crippen molar-refractivity contribution in [1.29, 1.82) is 0 Å². The van der Waals surface area contributed by atoms with Crippen molar-refractivity contribution >= 4 is 11.7 Å². The highest BCUT2D eigenvalue weighted by Crippen LogP contribution is 2.36. The Labute approximate surface area is 102 Å². The van der Waals surface area contributed by atoms with Crippen molar-refractivity contribution in [2.75, 3.05) is 18.0 Å². The third-order valence-electron chi connectivity index (χ3n) is 3.47. The molecule has 0 radical (unpaired) electrons. The molecule has 0 aromatic heterocycles. The minimum Gasteiger partial charge on any atom is -0.481 e. The molecule has 1 unspecified atom stereocenters. The van der Waals surface area contributed by atoms with E-state index in [-0.39, 0.29) is 6.42 Å². The molecule has 0 aliphatic carbocycles. The van der Waals surface area contributed by atoms with Gasteiger partial charge in [0.1, 0.15) is 0 Å². The van der Waals surface area contributed by atoms with Crippen LogP contribution in [-0.4, -0.2) is 24.2 Å². The van der Waals surface area contributed by atoms with Crippen LogP contribution in [-0.2, 0) is 11.2 Å². The lowest BCUT2D eigenvalue weighted by molar-refractivity contribution is -0.136. The van der Waals surface area contributed by atoms with Gasteiger partial charge < -0.3 is 10.0 Å². The van der Waals surface area contributed by atoms with Crippen LogP contribution in [0.2, 0.25) is 0 Å². The zero-order valence-corrected chi connectivity index (χ0v) is 10.4. The number of hydrogen-bond acceptors (Lipinski definition) is 2. The second kappa shape index (κ2) is 4.78. The first-order chi connectivity index (χ1) is 8.11. The van der Waals surface area contributed by atoms with Crippen LogP contribution in [0.5, 0.6) is 0 Å². The Kier molecular flexibility index (Phi) is 3.36. The Morgan fingerprint density at radius 1 is 1.53 bits per heavy atom. The number of hydrogen-bond donors (Lipinski definition) is 1. The molecule has 0 amide bonds. The summed E-state index contributed by atoms with van der Waals surface area (Å²) in [6, 6.07) is 6.38. The van der Waals surface area contributed by atoms with Crippen LogP contribution in [0.1, 0.15) is 37.3 Å². The molecule has 3 heteroatoms. The van der Waals surface area contributed by atoms with Crippen molar-refractivity contribution in [3.63, 3.8) is 0 Å². The molecule has 0 bridgehead atoms. The summed E-state index contributed by atoms with van der Waals surface area (Å²) in [7, 11) is 0. The lowest BCUT2D eigenvalue weighted by atomic mass is 10.0. The molecule has 0 fully saturated rings. The summed E-state index contributed by atoms with van der Waals surface area (Å²) in [4.78, 5) is 12.9. The van der Waals surface area contributed by atoms with E-state index in [0.717, 1.165) is 18.7 Å². The van der Waals surface area contributed by atoms with Gasteiger partial charge in [-0.15, -0.1) is 0 Å². The quantitative estimate of drug-likeness (QED) is 0.869. The molecule has 92 valence electrons. The molecule has 3 nitrogen and oxygen atoms in total. The number of rotatable bonds is 4. The number of aryl methyl sites for hydroxylation is 1. The molecule has 1 N–H and O–H groups in total. The van der Waals surface area contributed by atoms with Gasteiger partial charge in [0.25, 0.3) is 0 Å². The van der Waals surface area contributed by atoms with Crippen LogP contribution < -0.4 is 4.90 Å². The maximum atomic E-state index is 10.6. The second-order valence-electron chi connectivity index (χ2n) is 4.73. The van der Waals surface area contributed by atoms with Gasteiger partial charge in [-0.3, -0.25) is 4.79 Å². The predicted octanol–water partition coefficient (Wildman–Crippen LogP) is 2.65. The molecule has 1 aromatic carbocycles. The van der Waals surface area contributed by atoms with E-state index in [0.29, 0.717) is 12.3 Å². The number of likely N-dealkylation sites (N-methyl/N-ethyl adjacent to an activating group) is 1.